The van der Waals surface area contributed by atoms with E-state index in [-0.39, 0.29) is 28.1 Å². The smallest absolute Gasteiger partial charge is 0.331 e. The van der Waals surface area contributed by atoms with Crippen LogP contribution in [0.15, 0.2) is 23.3 Å². The Morgan fingerprint density at radius 1 is 1.08 bits per heavy atom. The van der Waals surface area contributed by atoms with Crippen LogP contribution in [0.2, 0.25) is 0 Å². The van der Waals surface area contributed by atoms with E-state index in [9.17, 15) is 9.59 Å². The number of fused-ring (bicyclic) bond motifs is 5. The molecule has 0 amide bonds. The van der Waals surface area contributed by atoms with Crippen molar-refractivity contribution in [2.45, 2.75) is 69.3 Å². The molecule has 1 unspecified atom stereocenters. The van der Waals surface area contributed by atoms with Crippen molar-refractivity contribution < 1.29 is 14.3 Å². The molecule has 4 aliphatic carbocycles. The Kier molecular flexibility index (Phi) is 3.36. The molecular weight excluding hydrogens is 336 g/mol. The summed E-state index contributed by atoms with van der Waals surface area (Å²) in [5.74, 6) is 1.88. The number of rotatable bonds is 0. The molecule has 134 valence electrons. The zero-order valence-corrected chi connectivity index (χ0v) is 15.5. The summed E-state index contributed by atoms with van der Waals surface area (Å²) in [4.78, 5) is 23.8. The van der Waals surface area contributed by atoms with E-state index in [4.69, 9.17) is 16.3 Å². The van der Waals surface area contributed by atoms with E-state index >= 15 is 0 Å². The van der Waals surface area contributed by atoms with E-state index in [2.05, 4.69) is 13.0 Å². The second kappa shape index (κ2) is 5.22. The van der Waals surface area contributed by atoms with Gasteiger partial charge >= 0.3 is 5.97 Å². The zero-order chi connectivity index (χ0) is 17.4. The standard InChI is InChI=1S/C21H25ClO3/c1-20-9-6-13-12-4-5-17(23)19(22)15(12)3-2-14(13)16(20)7-10-21(20)11-8-18(24)25-21/h8,11,13-14,16,19H,2-7,9-10H2,1H3/t13-,14-,16+,19?,20+,21-/m1/s1. The van der Waals surface area contributed by atoms with Crippen molar-refractivity contribution in [1.29, 1.82) is 0 Å². The van der Waals surface area contributed by atoms with E-state index in [1.165, 1.54) is 11.1 Å². The Morgan fingerprint density at radius 3 is 2.68 bits per heavy atom. The molecule has 1 aliphatic heterocycles. The molecule has 4 heteroatoms. The van der Waals surface area contributed by atoms with Crippen molar-refractivity contribution in [3.8, 4) is 0 Å². The highest BCUT2D eigenvalue weighted by Crippen LogP contribution is 2.66. The number of hydrogen-bond donors (Lipinski definition) is 0. The molecule has 6 atom stereocenters. The summed E-state index contributed by atoms with van der Waals surface area (Å²) < 4.78 is 5.87. The lowest BCUT2D eigenvalue weighted by Crippen LogP contribution is -2.51. The summed E-state index contributed by atoms with van der Waals surface area (Å²) in [5.41, 5.74) is 2.45. The molecule has 0 aromatic carbocycles. The van der Waals surface area contributed by atoms with Crippen LogP contribution in [0, 0.1) is 23.2 Å². The molecule has 25 heavy (non-hydrogen) atoms. The van der Waals surface area contributed by atoms with Gasteiger partial charge in [-0.2, -0.15) is 0 Å². The number of alkyl halides is 1. The number of Topliss-reactive ketones (excluding diaryl/α,β-unsaturated/α-hetero) is 1. The Bertz CT molecular complexity index is 723. The van der Waals surface area contributed by atoms with Crippen LogP contribution in [0.1, 0.15) is 58.3 Å². The van der Waals surface area contributed by atoms with Gasteiger partial charge in [-0.3, -0.25) is 4.79 Å². The molecule has 0 aromatic rings. The van der Waals surface area contributed by atoms with E-state index < -0.39 is 0 Å². The third-order valence-corrected chi connectivity index (χ3v) is 8.73. The van der Waals surface area contributed by atoms with Crippen molar-refractivity contribution in [2.24, 2.45) is 23.2 Å². The largest absolute Gasteiger partial charge is 0.451 e. The van der Waals surface area contributed by atoms with E-state index in [0.29, 0.717) is 24.2 Å². The van der Waals surface area contributed by atoms with Gasteiger partial charge in [0.2, 0.25) is 0 Å². The van der Waals surface area contributed by atoms with Crippen molar-refractivity contribution in [3.63, 3.8) is 0 Å². The van der Waals surface area contributed by atoms with Crippen LogP contribution in [0.3, 0.4) is 0 Å². The summed E-state index contributed by atoms with van der Waals surface area (Å²) in [6.45, 7) is 2.35. The van der Waals surface area contributed by atoms with Crippen molar-refractivity contribution in [2.75, 3.05) is 0 Å². The average molecular weight is 361 g/mol. The maximum atomic E-state index is 12.0. The van der Waals surface area contributed by atoms with Gasteiger partial charge in [0.05, 0.1) is 0 Å². The maximum absolute atomic E-state index is 12.0. The van der Waals surface area contributed by atoms with Gasteiger partial charge in [0, 0.05) is 17.9 Å². The van der Waals surface area contributed by atoms with E-state index in [1.807, 2.05) is 0 Å². The van der Waals surface area contributed by atoms with Gasteiger partial charge in [-0.1, -0.05) is 12.5 Å². The fraction of sp³-hybridized carbons (Fsp3) is 0.714. The SMILES string of the molecule is C[C@]12CC[C@@H]3C4=C(CC[C@H]3[C@@H]1CC[C@@]21C=CC(=O)O1)C(Cl)C(=O)CC4. The van der Waals surface area contributed by atoms with E-state index in [1.54, 1.807) is 6.08 Å². The minimum absolute atomic E-state index is 0.0553. The number of esters is 1. The van der Waals surface area contributed by atoms with Crippen LogP contribution in [0.4, 0.5) is 0 Å². The lowest BCUT2D eigenvalue weighted by atomic mass is 9.52. The minimum atomic E-state index is -0.369. The molecule has 2 fully saturated rings. The second-order valence-corrected chi connectivity index (χ2v) is 9.37. The Morgan fingerprint density at radius 2 is 1.92 bits per heavy atom. The highest BCUT2D eigenvalue weighted by Gasteiger charge is 2.64. The first-order chi connectivity index (χ1) is 12.0. The molecule has 5 rings (SSSR count). The molecule has 0 radical (unpaired) electrons. The lowest BCUT2D eigenvalue weighted by Gasteiger charge is -2.54. The predicted molar refractivity (Wildman–Crippen MR) is 95.2 cm³/mol. The fourth-order valence-electron chi connectivity index (χ4n) is 6.98. The van der Waals surface area contributed by atoms with Crippen LogP contribution in [0.5, 0.6) is 0 Å². The van der Waals surface area contributed by atoms with Crippen LogP contribution in [-0.4, -0.2) is 22.7 Å². The molecule has 0 N–H and O–H groups in total. The molecule has 5 aliphatic rings. The van der Waals surface area contributed by atoms with Crippen LogP contribution in [0.25, 0.3) is 0 Å². The predicted octanol–water partition coefficient (Wildman–Crippen LogP) is 4.34. The first kappa shape index (κ1) is 16.1. The average Bonchev–Trinajstić information content (AvgIpc) is 3.12. The summed E-state index contributed by atoms with van der Waals surface area (Å²) >= 11 is 6.45. The molecule has 1 spiro atoms. The number of ether oxygens (including phenoxy) is 1. The third-order valence-electron chi connectivity index (χ3n) is 8.23. The molecule has 2 saturated carbocycles. The molecule has 0 saturated heterocycles. The highest BCUT2D eigenvalue weighted by molar-refractivity contribution is 6.33. The number of hydrogen-bond acceptors (Lipinski definition) is 3. The first-order valence-corrected chi connectivity index (χ1v) is 10.2. The zero-order valence-electron chi connectivity index (χ0n) is 14.7. The van der Waals surface area contributed by atoms with Gasteiger partial charge in [-0.15, -0.1) is 11.6 Å². The van der Waals surface area contributed by atoms with Crippen LogP contribution < -0.4 is 0 Å². The highest BCUT2D eigenvalue weighted by atomic mass is 35.5. The van der Waals surface area contributed by atoms with Crippen LogP contribution >= 0.6 is 11.6 Å². The monoisotopic (exact) mass is 360 g/mol. The van der Waals surface area contributed by atoms with Gasteiger partial charge in [-0.05, 0) is 74.3 Å². The first-order valence-electron chi connectivity index (χ1n) is 9.76. The Hall–Kier alpha value is -1.09. The molecule has 0 aromatic heterocycles. The van der Waals surface area contributed by atoms with Crippen molar-refractivity contribution in [1.82, 2.24) is 0 Å². The third kappa shape index (κ3) is 1.99. The summed E-state index contributed by atoms with van der Waals surface area (Å²) in [7, 11) is 0. The maximum Gasteiger partial charge on any atom is 0.331 e. The van der Waals surface area contributed by atoms with Gasteiger partial charge < -0.3 is 4.74 Å². The minimum Gasteiger partial charge on any atom is -0.451 e. The quantitative estimate of drug-likeness (QED) is 0.366. The van der Waals surface area contributed by atoms with Gasteiger partial charge in [0.25, 0.3) is 0 Å². The van der Waals surface area contributed by atoms with Gasteiger partial charge in [0.15, 0.2) is 5.78 Å². The van der Waals surface area contributed by atoms with E-state index in [0.717, 1.165) is 44.9 Å². The van der Waals surface area contributed by atoms with Crippen molar-refractivity contribution in [3.05, 3.63) is 23.3 Å². The topological polar surface area (TPSA) is 43.4 Å². The van der Waals surface area contributed by atoms with Crippen molar-refractivity contribution >= 4 is 23.4 Å². The number of ketones is 1. The van der Waals surface area contributed by atoms with Gasteiger partial charge in [0.1, 0.15) is 11.0 Å². The summed E-state index contributed by atoms with van der Waals surface area (Å²) in [6, 6.07) is 0. The number of halogens is 1. The summed E-state index contributed by atoms with van der Waals surface area (Å²) in [6.07, 6.45) is 11.7. The molecule has 0 bridgehead atoms. The number of carbonyl (C=O) groups is 2. The lowest BCUT2D eigenvalue weighted by molar-refractivity contribution is -0.159. The Balaban J connectivity index is 1.49. The summed E-state index contributed by atoms with van der Waals surface area (Å²) in [5, 5.41) is -0.369. The molecule has 3 nitrogen and oxygen atoms in total. The van der Waals surface area contributed by atoms with Crippen LogP contribution in [-0.2, 0) is 14.3 Å². The second-order valence-electron chi connectivity index (χ2n) is 8.93. The molecular formula is C21H25ClO3. The normalized spacial score (nSPS) is 48.4. The number of carbonyl (C=O) groups excluding carboxylic acids is 2. The number of allylic oxidation sites excluding steroid dienone is 2. The fourth-order valence-corrected chi connectivity index (χ4v) is 7.34. The molecule has 1 heterocycles. The Labute approximate surface area is 153 Å². The van der Waals surface area contributed by atoms with Gasteiger partial charge in [-0.25, -0.2) is 4.79 Å².